The highest BCUT2D eigenvalue weighted by Crippen LogP contribution is 2.34. The zero-order valence-corrected chi connectivity index (χ0v) is 18.5. The highest BCUT2D eigenvalue weighted by atomic mass is 16.7. The third-order valence-electron chi connectivity index (χ3n) is 5.59. The van der Waals surface area contributed by atoms with Crippen LogP contribution in [0.5, 0.6) is 17.2 Å². The molecule has 5 rings (SSSR count). The molecule has 0 saturated carbocycles. The van der Waals surface area contributed by atoms with Gasteiger partial charge in [0.25, 0.3) is 5.91 Å². The van der Waals surface area contributed by atoms with Gasteiger partial charge in [0.15, 0.2) is 11.5 Å². The molecule has 8 nitrogen and oxygen atoms in total. The van der Waals surface area contributed by atoms with Gasteiger partial charge >= 0.3 is 0 Å². The van der Waals surface area contributed by atoms with Gasteiger partial charge < -0.3 is 29.8 Å². The number of aromatic amines is 1. The van der Waals surface area contributed by atoms with Crippen molar-refractivity contribution in [2.75, 3.05) is 19.2 Å². The van der Waals surface area contributed by atoms with E-state index in [2.05, 4.69) is 15.6 Å². The Labute approximate surface area is 195 Å². The molecule has 1 aliphatic rings. The summed E-state index contributed by atoms with van der Waals surface area (Å²) in [5, 5.41) is 6.76. The number of carbonyl (C=O) groups is 2. The molecule has 0 saturated heterocycles. The number of para-hydroxylation sites is 1. The van der Waals surface area contributed by atoms with E-state index in [1.54, 1.807) is 49.6 Å². The van der Waals surface area contributed by atoms with E-state index in [0.29, 0.717) is 28.5 Å². The van der Waals surface area contributed by atoms with E-state index < -0.39 is 6.04 Å². The summed E-state index contributed by atoms with van der Waals surface area (Å²) in [5.74, 6) is 1.17. The van der Waals surface area contributed by atoms with Crippen molar-refractivity contribution in [1.29, 1.82) is 0 Å². The Bertz CT molecular complexity index is 1310. The number of hydrogen-bond acceptors (Lipinski definition) is 5. The molecule has 4 aromatic rings. The van der Waals surface area contributed by atoms with E-state index >= 15 is 0 Å². The van der Waals surface area contributed by atoms with E-state index in [1.165, 1.54) is 0 Å². The molecule has 0 bridgehead atoms. The van der Waals surface area contributed by atoms with Crippen molar-refractivity contribution >= 4 is 28.4 Å². The molecule has 0 unspecified atom stereocenters. The van der Waals surface area contributed by atoms with Crippen molar-refractivity contribution in [2.24, 2.45) is 0 Å². The molecule has 8 heteroatoms. The van der Waals surface area contributed by atoms with Crippen LogP contribution in [0.1, 0.15) is 17.3 Å². The van der Waals surface area contributed by atoms with E-state index in [0.717, 1.165) is 16.6 Å². The minimum absolute atomic E-state index is 0.110. The lowest BCUT2D eigenvalue weighted by Crippen LogP contribution is -2.37. The number of benzene rings is 3. The summed E-state index contributed by atoms with van der Waals surface area (Å²) < 4.78 is 15.9. The molecule has 2 amide bonds. The van der Waals surface area contributed by atoms with Gasteiger partial charge in [-0.3, -0.25) is 9.59 Å². The lowest BCUT2D eigenvalue weighted by Gasteiger charge is -2.19. The summed E-state index contributed by atoms with van der Waals surface area (Å²) in [7, 11) is 1.57. The van der Waals surface area contributed by atoms with Crippen LogP contribution in [0.2, 0.25) is 0 Å². The summed E-state index contributed by atoms with van der Waals surface area (Å²) in [4.78, 5) is 29.4. The fourth-order valence-electron chi connectivity index (χ4n) is 3.90. The number of nitrogens with one attached hydrogen (secondary N) is 3. The van der Waals surface area contributed by atoms with E-state index in [4.69, 9.17) is 14.2 Å². The van der Waals surface area contributed by atoms with Crippen molar-refractivity contribution in [1.82, 2.24) is 10.3 Å². The first-order chi connectivity index (χ1) is 16.6. The Morgan fingerprint density at radius 1 is 1.00 bits per heavy atom. The fraction of sp³-hybridized carbons (Fsp3) is 0.154. The number of anilines is 1. The zero-order chi connectivity index (χ0) is 23.5. The fourth-order valence-corrected chi connectivity index (χ4v) is 3.90. The highest BCUT2D eigenvalue weighted by Gasteiger charge is 2.24. The van der Waals surface area contributed by atoms with Crippen molar-refractivity contribution in [3.8, 4) is 17.2 Å². The topological polar surface area (TPSA) is 102 Å². The molecule has 1 aromatic heterocycles. The molecule has 172 valence electrons. The molecular weight excluding hydrogens is 434 g/mol. The minimum Gasteiger partial charge on any atom is -0.497 e. The summed E-state index contributed by atoms with van der Waals surface area (Å²) in [5.41, 5.74) is 2.89. The summed E-state index contributed by atoms with van der Waals surface area (Å²) >= 11 is 0. The molecular formula is C26H23N3O5. The maximum absolute atomic E-state index is 13.3. The summed E-state index contributed by atoms with van der Waals surface area (Å²) in [6.45, 7) is 0.144. The van der Waals surface area contributed by atoms with Gasteiger partial charge in [-0.05, 0) is 47.3 Å². The second-order valence-electron chi connectivity index (χ2n) is 7.89. The average molecular weight is 457 g/mol. The number of H-pyrrole nitrogens is 1. The monoisotopic (exact) mass is 457 g/mol. The minimum atomic E-state index is -0.909. The first-order valence-electron chi connectivity index (χ1n) is 10.8. The van der Waals surface area contributed by atoms with Crippen LogP contribution in [0.3, 0.4) is 0 Å². The molecule has 0 fully saturated rings. The van der Waals surface area contributed by atoms with Gasteiger partial charge in [0.2, 0.25) is 12.7 Å². The Kier molecular flexibility index (Phi) is 5.78. The smallest absolute Gasteiger partial charge is 0.251 e. The number of amides is 2. The number of rotatable bonds is 7. The van der Waals surface area contributed by atoms with Crippen LogP contribution in [0.25, 0.3) is 10.9 Å². The van der Waals surface area contributed by atoms with Crippen LogP contribution in [0.4, 0.5) is 5.69 Å². The molecule has 3 N–H and O–H groups in total. The molecule has 3 aromatic carbocycles. The number of fused-ring (bicyclic) bond motifs is 2. The molecule has 1 aliphatic heterocycles. The van der Waals surface area contributed by atoms with Gasteiger partial charge in [0.05, 0.1) is 13.5 Å². The van der Waals surface area contributed by atoms with Crippen molar-refractivity contribution in [3.63, 3.8) is 0 Å². The lowest BCUT2D eigenvalue weighted by molar-refractivity contribution is -0.126. The molecule has 0 aliphatic carbocycles. The van der Waals surface area contributed by atoms with Crippen molar-refractivity contribution in [3.05, 3.63) is 84.1 Å². The molecule has 2 heterocycles. The predicted octanol–water partition coefficient (Wildman–Crippen LogP) is 3.94. The number of ether oxygens (including phenoxy) is 3. The van der Waals surface area contributed by atoms with Crippen molar-refractivity contribution < 1.29 is 23.8 Å². The first-order valence-corrected chi connectivity index (χ1v) is 10.8. The van der Waals surface area contributed by atoms with Gasteiger partial charge in [-0.25, -0.2) is 0 Å². The van der Waals surface area contributed by atoms with Crippen LogP contribution in [0.15, 0.2) is 72.8 Å². The van der Waals surface area contributed by atoms with Crippen molar-refractivity contribution in [2.45, 2.75) is 12.5 Å². The zero-order valence-electron chi connectivity index (χ0n) is 18.5. The van der Waals surface area contributed by atoms with E-state index in [9.17, 15) is 9.59 Å². The number of carbonyl (C=O) groups excluding carboxylic acids is 2. The predicted molar refractivity (Wildman–Crippen MR) is 127 cm³/mol. The number of hydrogen-bond donors (Lipinski definition) is 3. The Morgan fingerprint density at radius 2 is 1.79 bits per heavy atom. The molecule has 34 heavy (non-hydrogen) atoms. The number of methoxy groups -OCH3 is 1. The van der Waals surface area contributed by atoms with Crippen LogP contribution in [-0.2, 0) is 16.0 Å². The Hall–Kier alpha value is -4.46. The highest BCUT2D eigenvalue weighted by molar-refractivity contribution is 5.98. The lowest BCUT2D eigenvalue weighted by atomic mass is 10.0. The van der Waals surface area contributed by atoms with Gasteiger partial charge in [0.1, 0.15) is 11.8 Å². The van der Waals surface area contributed by atoms with Gasteiger partial charge in [0, 0.05) is 23.0 Å². The van der Waals surface area contributed by atoms with E-state index in [-0.39, 0.29) is 25.0 Å². The SMILES string of the molecule is COc1ccc([C@H](NC(=O)Cc2cc3ccccc3[nH]2)C(=O)Nc2ccc3c(c2)OCO3)cc1. The second kappa shape index (κ2) is 9.19. The quantitative estimate of drug-likeness (QED) is 0.390. The largest absolute Gasteiger partial charge is 0.497 e. The Balaban J connectivity index is 1.35. The van der Waals surface area contributed by atoms with Crippen LogP contribution < -0.4 is 24.8 Å². The second-order valence-corrected chi connectivity index (χ2v) is 7.89. The van der Waals surface area contributed by atoms with E-state index in [1.807, 2.05) is 30.3 Å². The average Bonchev–Trinajstić information content (AvgIpc) is 3.48. The third kappa shape index (κ3) is 4.52. The maximum Gasteiger partial charge on any atom is 0.251 e. The molecule has 0 spiro atoms. The molecule has 0 radical (unpaired) electrons. The molecule has 1 atom stereocenters. The Morgan fingerprint density at radius 3 is 2.59 bits per heavy atom. The normalized spacial score (nSPS) is 12.9. The van der Waals surface area contributed by atoms with Crippen LogP contribution in [-0.4, -0.2) is 30.7 Å². The summed E-state index contributed by atoms with van der Waals surface area (Å²) in [6, 6.07) is 21.0. The van der Waals surface area contributed by atoms with Crippen LogP contribution >= 0.6 is 0 Å². The standard InChI is InChI=1S/C26H23N3O5/c1-32-20-9-6-16(7-10-20)25(26(31)28-18-8-11-22-23(13-18)34-15-33-22)29-24(30)14-19-12-17-4-2-3-5-21(17)27-19/h2-13,25,27H,14-15H2,1H3,(H,28,31)(H,29,30)/t25-/m0/s1. The van der Waals surface area contributed by atoms with Crippen LogP contribution in [0, 0.1) is 0 Å². The third-order valence-corrected chi connectivity index (χ3v) is 5.59. The summed E-state index contributed by atoms with van der Waals surface area (Å²) in [6.07, 6.45) is 0.110. The first kappa shape index (κ1) is 21.4. The number of aromatic nitrogens is 1. The van der Waals surface area contributed by atoms with Gasteiger partial charge in [-0.15, -0.1) is 0 Å². The maximum atomic E-state index is 13.3. The van der Waals surface area contributed by atoms with Gasteiger partial charge in [-0.2, -0.15) is 0 Å². The van der Waals surface area contributed by atoms with Gasteiger partial charge in [-0.1, -0.05) is 30.3 Å².